The minimum atomic E-state index is -4.30. The number of nitrogens with one attached hydrogen (secondary N) is 1. The van der Waals surface area contributed by atoms with Gasteiger partial charge in [-0.1, -0.05) is 0 Å². The first-order valence-corrected chi connectivity index (χ1v) is 8.68. The van der Waals surface area contributed by atoms with Gasteiger partial charge in [0.25, 0.3) is 0 Å². The molecule has 0 radical (unpaired) electrons. The van der Waals surface area contributed by atoms with Gasteiger partial charge in [-0.2, -0.15) is 13.2 Å². The minimum Gasteiger partial charge on any atom is -0.314 e. The van der Waals surface area contributed by atoms with Crippen LogP contribution in [0.25, 0.3) is 0 Å². The van der Waals surface area contributed by atoms with Crippen LogP contribution in [0.3, 0.4) is 0 Å². The largest absolute Gasteiger partial charge is 0.393 e. The number of sulfonamides is 1. The molecule has 118 valence electrons. The quantitative estimate of drug-likeness (QED) is 0.760. The van der Waals surface area contributed by atoms with Crippen molar-refractivity contribution >= 4 is 10.0 Å². The monoisotopic (exact) mass is 314 g/mol. The predicted octanol–water partition coefficient (Wildman–Crippen LogP) is 1.73. The third kappa shape index (κ3) is 4.60. The summed E-state index contributed by atoms with van der Waals surface area (Å²) in [6.07, 6.45) is -1.28. The van der Waals surface area contributed by atoms with E-state index in [1.807, 2.05) is 0 Å². The molecule has 1 aliphatic heterocycles. The molecule has 0 spiro atoms. The first-order valence-electron chi connectivity index (χ1n) is 7.07. The average Bonchev–Trinajstić information content (AvgIpc) is 3.18. The van der Waals surface area contributed by atoms with Gasteiger partial charge in [-0.3, -0.25) is 0 Å². The Balaban J connectivity index is 1.81. The number of hydrogen-bond acceptors (Lipinski definition) is 3. The fourth-order valence-electron chi connectivity index (χ4n) is 2.44. The summed E-state index contributed by atoms with van der Waals surface area (Å²) in [4.78, 5) is 0. The average molecular weight is 314 g/mol. The van der Waals surface area contributed by atoms with E-state index in [9.17, 15) is 21.6 Å². The van der Waals surface area contributed by atoms with Crippen molar-refractivity contribution in [3.8, 4) is 0 Å². The van der Waals surface area contributed by atoms with Crippen molar-refractivity contribution in [2.24, 2.45) is 5.92 Å². The van der Waals surface area contributed by atoms with E-state index in [0.717, 1.165) is 17.1 Å². The predicted molar refractivity (Wildman–Crippen MR) is 69.8 cm³/mol. The van der Waals surface area contributed by atoms with Crippen LogP contribution in [-0.2, 0) is 10.0 Å². The maximum atomic E-state index is 12.7. The Labute approximate surface area is 117 Å². The summed E-state index contributed by atoms with van der Waals surface area (Å²) < 4.78 is 63.1. The Bertz CT molecular complexity index is 421. The maximum Gasteiger partial charge on any atom is 0.393 e. The van der Waals surface area contributed by atoms with E-state index < -0.39 is 28.7 Å². The van der Waals surface area contributed by atoms with Gasteiger partial charge in [0.1, 0.15) is 0 Å². The number of piperidine rings is 1. The molecule has 1 saturated carbocycles. The molecule has 1 saturated heterocycles. The lowest BCUT2D eigenvalue weighted by molar-refractivity contribution is -0.182. The van der Waals surface area contributed by atoms with E-state index in [2.05, 4.69) is 5.32 Å². The lowest BCUT2D eigenvalue weighted by Gasteiger charge is -2.32. The standard InChI is InChI=1S/C12H21F3N2O2S/c13-12(14,15)10-3-1-7-17(9-10)20(18,19)8-2-6-16-11-4-5-11/h10-11,16H,1-9H2. The minimum absolute atomic E-state index is 0.0265. The molecule has 8 heteroatoms. The molecular formula is C12H21F3N2O2S. The lowest BCUT2D eigenvalue weighted by atomic mass is 9.99. The summed E-state index contributed by atoms with van der Waals surface area (Å²) in [6.45, 7) is 0.410. The number of rotatable bonds is 6. The fourth-order valence-corrected chi connectivity index (χ4v) is 4.02. The zero-order valence-corrected chi connectivity index (χ0v) is 12.1. The SMILES string of the molecule is O=S(=O)(CCCNC1CC1)N1CCCC(C(F)(F)F)C1. The molecule has 1 heterocycles. The van der Waals surface area contributed by atoms with Crippen LogP contribution in [0.4, 0.5) is 13.2 Å². The van der Waals surface area contributed by atoms with Gasteiger partial charge in [-0.05, 0) is 38.6 Å². The Morgan fingerprint density at radius 1 is 1.20 bits per heavy atom. The molecular weight excluding hydrogens is 293 g/mol. The van der Waals surface area contributed by atoms with Gasteiger partial charge >= 0.3 is 6.18 Å². The first-order chi connectivity index (χ1) is 9.29. The molecule has 2 fully saturated rings. The summed E-state index contributed by atoms with van der Waals surface area (Å²) >= 11 is 0. The molecule has 1 atom stereocenters. The van der Waals surface area contributed by atoms with Crippen molar-refractivity contribution in [1.82, 2.24) is 9.62 Å². The molecule has 0 aromatic carbocycles. The highest BCUT2D eigenvalue weighted by Gasteiger charge is 2.43. The summed E-state index contributed by atoms with van der Waals surface area (Å²) in [5.41, 5.74) is 0. The van der Waals surface area contributed by atoms with Crippen molar-refractivity contribution in [3.05, 3.63) is 0 Å². The van der Waals surface area contributed by atoms with Crippen molar-refractivity contribution < 1.29 is 21.6 Å². The van der Waals surface area contributed by atoms with Crippen molar-refractivity contribution in [1.29, 1.82) is 0 Å². The van der Waals surface area contributed by atoms with Crippen LogP contribution in [-0.4, -0.2) is 50.3 Å². The van der Waals surface area contributed by atoms with Gasteiger partial charge in [-0.15, -0.1) is 0 Å². The van der Waals surface area contributed by atoms with Gasteiger partial charge in [0, 0.05) is 19.1 Å². The molecule has 0 aromatic rings. The van der Waals surface area contributed by atoms with Gasteiger partial charge in [-0.25, -0.2) is 12.7 Å². The van der Waals surface area contributed by atoms with Crippen LogP contribution in [0, 0.1) is 5.92 Å². The van der Waals surface area contributed by atoms with E-state index in [4.69, 9.17) is 0 Å². The highest BCUT2D eigenvalue weighted by molar-refractivity contribution is 7.89. The molecule has 2 rings (SSSR count). The molecule has 1 aliphatic carbocycles. The molecule has 0 amide bonds. The Morgan fingerprint density at radius 3 is 2.50 bits per heavy atom. The summed E-state index contributed by atoms with van der Waals surface area (Å²) in [7, 11) is -3.56. The third-order valence-corrected chi connectivity index (χ3v) is 5.75. The number of hydrogen-bond donors (Lipinski definition) is 1. The van der Waals surface area contributed by atoms with Gasteiger partial charge < -0.3 is 5.32 Å². The zero-order valence-electron chi connectivity index (χ0n) is 11.3. The highest BCUT2D eigenvalue weighted by atomic mass is 32.2. The van der Waals surface area contributed by atoms with Crippen LogP contribution in [0.1, 0.15) is 32.1 Å². The Kier molecular flexibility index (Phi) is 4.96. The lowest BCUT2D eigenvalue weighted by Crippen LogP contribution is -2.45. The second-order valence-corrected chi connectivity index (χ2v) is 7.73. The molecule has 1 unspecified atom stereocenters. The van der Waals surface area contributed by atoms with E-state index >= 15 is 0 Å². The van der Waals surface area contributed by atoms with Gasteiger partial charge in [0.15, 0.2) is 0 Å². The highest BCUT2D eigenvalue weighted by Crippen LogP contribution is 2.34. The first kappa shape index (κ1) is 16.0. The Hall–Kier alpha value is -0.340. The van der Waals surface area contributed by atoms with Crippen molar-refractivity contribution in [2.75, 3.05) is 25.4 Å². The van der Waals surface area contributed by atoms with Crippen LogP contribution in [0.15, 0.2) is 0 Å². The summed E-state index contributed by atoms with van der Waals surface area (Å²) in [5.74, 6) is -1.59. The molecule has 0 bridgehead atoms. The number of nitrogens with zero attached hydrogens (tertiary/aromatic N) is 1. The molecule has 20 heavy (non-hydrogen) atoms. The van der Waals surface area contributed by atoms with Crippen LogP contribution >= 0.6 is 0 Å². The molecule has 2 aliphatic rings. The smallest absolute Gasteiger partial charge is 0.314 e. The summed E-state index contributed by atoms with van der Waals surface area (Å²) in [5, 5.41) is 3.20. The zero-order chi connectivity index (χ0) is 14.8. The number of halogens is 3. The summed E-state index contributed by atoms with van der Waals surface area (Å²) in [6, 6.07) is 0.516. The van der Waals surface area contributed by atoms with Crippen LogP contribution < -0.4 is 5.32 Å². The van der Waals surface area contributed by atoms with Crippen molar-refractivity contribution in [2.45, 2.75) is 44.3 Å². The van der Waals surface area contributed by atoms with E-state index in [0.29, 0.717) is 19.0 Å². The van der Waals surface area contributed by atoms with Gasteiger partial charge in [0.05, 0.1) is 11.7 Å². The van der Waals surface area contributed by atoms with E-state index in [-0.39, 0.29) is 25.1 Å². The van der Waals surface area contributed by atoms with E-state index in [1.54, 1.807) is 0 Å². The third-order valence-electron chi connectivity index (χ3n) is 3.83. The maximum absolute atomic E-state index is 12.7. The topological polar surface area (TPSA) is 49.4 Å². The van der Waals surface area contributed by atoms with Crippen LogP contribution in [0.5, 0.6) is 0 Å². The fraction of sp³-hybridized carbons (Fsp3) is 1.00. The molecule has 4 nitrogen and oxygen atoms in total. The van der Waals surface area contributed by atoms with Crippen molar-refractivity contribution in [3.63, 3.8) is 0 Å². The van der Waals surface area contributed by atoms with Gasteiger partial charge in [0.2, 0.25) is 10.0 Å². The second-order valence-electron chi connectivity index (χ2n) is 5.64. The number of alkyl halides is 3. The molecule has 1 N–H and O–H groups in total. The Morgan fingerprint density at radius 2 is 1.90 bits per heavy atom. The normalized spacial score (nSPS) is 25.9. The molecule has 0 aromatic heterocycles. The van der Waals surface area contributed by atoms with Crippen LogP contribution in [0.2, 0.25) is 0 Å². The second kappa shape index (κ2) is 6.19. The van der Waals surface area contributed by atoms with E-state index in [1.165, 1.54) is 0 Å².